The van der Waals surface area contributed by atoms with Crippen molar-refractivity contribution in [1.29, 1.82) is 0 Å². The lowest BCUT2D eigenvalue weighted by Gasteiger charge is -2.12. The number of ether oxygens (including phenoxy) is 2. The summed E-state index contributed by atoms with van der Waals surface area (Å²) in [6.07, 6.45) is 0. The average Bonchev–Trinajstić information content (AvgIpc) is 2.59. The lowest BCUT2D eigenvalue weighted by molar-refractivity contribution is 0.0600. The summed E-state index contributed by atoms with van der Waals surface area (Å²) in [5.74, 6) is 0.159. The molecule has 0 saturated carbocycles. The van der Waals surface area contributed by atoms with Gasteiger partial charge in [0.25, 0.3) is 0 Å². The number of carbonyl (C=O) groups excluding carboxylic acids is 1. The Kier molecular flexibility index (Phi) is 5.58. The third kappa shape index (κ3) is 4.12. The van der Waals surface area contributed by atoms with Crippen LogP contribution in [0.25, 0.3) is 0 Å². The van der Waals surface area contributed by atoms with Crippen molar-refractivity contribution in [3.05, 3.63) is 59.7 Å². The van der Waals surface area contributed by atoms with E-state index in [4.69, 9.17) is 4.74 Å². The van der Waals surface area contributed by atoms with Crippen LogP contribution in [-0.2, 0) is 21.4 Å². The first-order chi connectivity index (χ1) is 11.3. The second-order valence-electron chi connectivity index (χ2n) is 5.24. The van der Waals surface area contributed by atoms with Crippen LogP contribution in [0, 0.1) is 0 Å². The molecule has 2 rings (SSSR count). The SMILES string of the molecule is COC(=O)c1ccc(OCc2cccc(S(=O)(=O)N(C)C)c2)cc1. The Balaban J connectivity index is 2.09. The van der Waals surface area contributed by atoms with E-state index in [0.29, 0.717) is 11.3 Å². The minimum atomic E-state index is -3.47. The van der Waals surface area contributed by atoms with E-state index in [9.17, 15) is 13.2 Å². The molecule has 0 radical (unpaired) electrons. The van der Waals surface area contributed by atoms with Crippen molar-refractivity contribution in [2.24, 2.45) is 0 Å². The van der Waals surface area contributed by atoms with E-state index in [1.165, 1.54) is 25.5 Å². The number of sulfonamides is 1. The summed E-state index contributed by atoms with van der Waals surface area (Å²) in [6, 6.07) is 13.1. The largest absolute Gasteiger partial charge is 0.489 e. The van der Waals surface area contributed by atoms with Crippen LogP contribution in [0.2, 0.25) is 0 Å². The van der Waals surface area contributed by atoms with E-state index >= 15 is 0 Å². The summed E-state index contributed by atoms with van der Waals surface area (Å²) in [4.78, 5) is 11.6. The van der Waals surface area contributed by atoms with Crippen molar-refractivity contribution < 1.29 is 22.7 Å². The number of hydrogen-bond acceptors (Lipinski definition) is 5. The van der Waals surface area contributed by atoms with Gasteiger partial charge in [0.05, 0.1) is 17.6 Å². The monoisotopic (exact) mass is 349 g/mol. The van der Waals surface area contributed by atoms with Crippen molar-refractivity contribution in [2.45, 2.75) is 11.5 Å². The molecule has 6 nitrogen and oxygen atoms in total. The molecule has 0 saturated heterocycles. The van der Waals surface area contributed by atoms with E-state index in [1.54, 1.807) is 48.5 Å². The van der Waals surface area contributed by atoms with Gasteiger partial charge in [-0.05, 0) is 42.0 Å². The van der Waals surface area contributed by atoms with E-state index in [1.807, 2.05) is 0 Å². The zero-order valence-electron chi connectivity index (χ0n) is 13.7. The molecule has 0 aliphatic heterocycles. The molecule has 0 fully saturated rings. The van der Waals surface area contributed by atoms with E-state index in [2.05, 4.69) is 4.74 Å². The number of rotatable bonds is 6. The molecular weight excluding hydrogens is 330 g/mol. The van der Waals surface area contributed by atoms with Gasteiger partial charge in [-0.25, -0.2) is 17.5 Å². The van der Waals surface area contributed by atoms with Crippen LogP contribution in [0.4, 0.5) is 0 Å². The molecule has 0 unspecified atom stereocenters. The van der Waals surface area contributed by atoms with Gasteiger partial charge in [0.2, 0.25) is 10.0 Å². The van der Waals surface area contributed by atoms with E-state index in [0.717, 1.165) is 5.56 Å². The third-order valence-electron chi connectivity index (χ3n) is 3.36. The summed E-state index contributed by atoms with van der Waals surface area (Å²) < 4.78 is 35.7. The molecule has 0 bridgehead atoms. The normalized spacial score (nSPS) is 11.3. The zero-order chi connectivity index (χ0) is 17.7. The van der Waals surface area contributed by atoms with E-state index in [-0.39, 0.29) is 11.5 Å². The van der Waals surface area contributed by atoms with Gasteiger partial charge in [-0.2, -0.15) is 0 Å². The molecule has 24 heavy (non-hydrogen) atoms. The number of benzene rings is 2. The van der Waals surface area contributed by atoms with Gasteiger partial charge >= 0.3 is 5.97 Å². The fraction of sp³-hybridized carbons (Fsp3) is 0.235. The summed E-state index contributed by atoms with van der Waals surface area (Å²) >= 11 is 0. The van der Waals surface area contributed by atoms with E-state index < -0.39 is 16.0 Å². The number of esters is 1. The first-order valence-electron chi connectivity index (χ1n) is 7.17. The molecule has 128 valence electrons. The molecule has 2 aromatic carbocycles. The third-order valence-corrected chi connectivity index (χ3v) is 5.17. The van der Waals surface area contributed by atoms with Gasteiger partial charge in [-0.1, -0.05) is 12.1 Å². The lowest BCUT2D eigenvalue weighted by atomic mass is 10.2. The number of carbonyl (C=O) groups is 1. The predicted octanol–water partition coefficient (Wildman–Crippen LogP) is 2.30. The first kappa shape index (κ1) is 18.0. The quantitative estimate of drug-likeness (QED) is 0.748. The summed E-state index contributed by atoms with van der Waals surface area (Å²) in [5, 5.41) is 0. The Morgan fingerprint density at radius 2 is 1.75 bits per heavy atom. The van der Waals surface area contributed by atoms with Crippen LogP contribution >= 0.6 is 0 Å². The average molecular weight is 349 g/mol. The number of methoxy groups -OCH3 is 1. The fourth-order valence-corrected chi connectivity index (χ4v) is 2.95. The second kappa shape index (κ2) is 7.46. The molecule has 0 atom stereocenters. The smallest absolute Gasteiger partial charge is 0.337 e. The maximum absolute atomic E-state index is 12.1. The van der Waals surface area contributed by atoms with Gasteiger partial charge in [-0.15, -0.1) is 0 Å². The maximum atomic E-state index is 12.1. The molecular formula is C17H19NO5S. The molecule has 2 aromatic rings. The van der Waals surface area contributed by atoms with Crippen LogP contribution in [0.5, 0.6) is 5.75 Å². The highest BCUT2D eigenvalue weighted by Gasteiger charge is 2.17. The van der Waals surface area contributed by atoms with Crippen molar-refractivity contribution in [3.63, 3.8) is 0 Å². The Bertz CT molecular complexity index is 813. The van der Waals surface area contributed by atoms with Crippen LogP contribution < -0.4 is 4.74 Å². The van der Waals surface area contributed by atoms with Crippen LogP contribution in [0.3, 0.4) is 0 Å². The minimum absolute atomic E-state index is 0.217. The van der Waals surface area contributed by atoms with Crippen molar-refractivity contribution in [3.8, 4) is 5.75 Å². The summed E-state index contributed by atoms with van der Waals surface area (Å²) in [5.41, 5.74) is 1.17. The molecule has 0 N–H and O–H groups in total. The standard InChI is InChI=1S/C17H19NO5S/c1-18(2)24(20,21)16-6-4-5-13(11-16)12-23-15-9-7-14(8-10-15)17(19)22-3/h4-11H,12H2,1-3H3. The predicted molar refractivity (Wildman–Crippen MR) is 89.4 cm³/mol. The molecule has 0 heterocycles. The molecule has 0 aromatic heterocycles. The van der Waals surface area contributed by atoms with Crippen LogP contribution in [-0.4, -0.2) is 39.9 Å². The topological polar surface area (TPSA) is 72.9 Å². The molecule has 0 aliphatic rings. The maximum Gasteiger partial charge on any atom is 0.337 e. The summed E-state index contributed by atoms with van der Waals surface area (Å²) in [6.45, 7) is 0.217. The van der Waals surface area contributed by atoms with Gasteiger partial charge in [0, 0.05) is 14.1 Å². The van der Waals surface area contributed by atoms with Gasteiger partial charge in [0.1, 0.15) is 12.4 Å². The van der Waals surface area contributed by atoms with Gasteiger partial charge < -0.3 is 9.47 Å². The Labute approximate surface area is 141 Å². The minimum Gasteiger partial charge on any atom is -0.489 e. The second-order valence-corrected chi connectivity index (χ2v) is 7.39. The highest BCUT2D eigenvalue weighted by molar-refractivity contribution is 7.89. The fourth-order valence-electron chi connectivity index (χ4n) is 1.98. The highest BCUT2D eigenvalue weighted by Crippen LogP contribution is 2.18. The number of hydrogen-bond donors (Lipinski definition) is 0. The Hall–Kier alpha value is -2.38. The van der Waals surface area contributed by atoms with Gasteiger partial charge in [0.15, 0.2) is 0 Å². The zero-order valence-corrected chi connectivity index (χ0v) is 14.5. The first-order valence-corrected chi connectivity index (χ1v) is 8.61. The lowest BCUT2D eigenvalue weighted by Crippen LogP contribution is -2.22. The van der Waals surface area contributed by atoms with Crippen molar-refractivity contribution in [1.82, 2.24) is 4.31 Å². The van der Waals surface area contributed by atoms with Crippen LogP contribution in [0.1, 0.15) is 15.9 Å². The Morgan fingerprint density at radius 3 is 2.33 bits per heavy atom. The van der Waals surface area contributed by atoms with Crippen molar-refractivity contribution >= 4 is 16.0 Å². The molecule has 0 spiro atoms. The molecule has 0 amide bonds. The van der Waals surface area contributed by atoms with Crippen molar-refractivity contribution in [2.75, 3.05) is 21.2 Å². The Morgan fingerprint density at radius 1 is 1.08 bits per heavy atom. The molecule has 0 aliphatic carbocycles. The number of nitrogens with zero attached hydrogens (tertiary/aromatic N) is 1. The summed E-state index contributed by atoms with van der Waals surface area (Å²) in [7, 11) is 0.822. The molecule has 7 heteroatoms. The van der Waals surface area contributed by atoms with Gasteiger partial charge in [-0.3, -0.25) is 0 Å². The van der Waals surface area contributed by atoms with Crippen LogP contribution in [0.15, 0.2) is 53.4 Å². The highest BCUT2D eigenvalue weighted by atomic mass is 32.2.